The molecule has 0 bridgehead atoms. The lowest BCUT2D eigenvalue weighted by Crippen LogP contribution is -2.19. The summed E-state index contributed by atoms with van der Waals surface area (Å²) in [7, 11) is 0. The second-order valence-electron chi connectivity index (χ2n) is 7.89. The average Bonchev–Trinajstić information content (AvgIpc) is 2.89. The SMILES string of the molecule is O=C(Nc1cccc(SC(C(=O)Nc2ccc(Cl)c(C(=O)O)c2)c2ccccc2)c1)c1ccc(F)cc1. The first kappa shape index (κ1) is 25.9. The first-order valence-corrected chi connectivity index (χ1v) is 12.3. The molecule has 3 N–H and O–H groups in total. The van der Waals surface area contributed by atoms with Gasteiger partial charge in [0.15, 0.2) is 0 Å². The van der Waals surface area contributed by atoms with Crippen molar-refractivity contribution in [2.24, 2.45) is 0 Å². The molecule has 9 heteroatoms. The van der Waals surface area contributed by atoms with Gasteiger partial charge < -0.3 is 15.7 Å². The smallest absolute Gasteiger partial charge is 0.337 e. The maximum absolute atomic E-state index is 13.3. The van der Waals surface area contributed by atoms with Crippen molar-refractivity contribution in [3.05, 3.63) is 125 Å². The summed E-state index contributed by atoms with van der Waals surface area (Å²) in [5.41, 5.74) is 1.74. The molecule has 1 unspecified atom stereocenters. The highest BCUT2D eigenvalue weighted by molar-refractivity contribution is 8.00. The van der Waals surface area contributed by atoms with Crippen molar-refractivity contribution in [3.63, 3.8) is 0 Å². The number of carboxylic acids is 1. The Morgan fingerprint density at radius 2 is 1.51 bits per heavy atom. The number of anilines is 2. The van der Waals surface area contributed by atoms with Crippen molar-refractivity contribution in [1.82, 2.24) is 0 Å². The molecule has 37 heavy (non-hydrogen) atoms. The van der Waals surface area contributed by atoms with Crippen molar-refractivity contribution >= 4 is 52.5 Å². The molecule has 0 saturated carbocycles. The zero-order valence-corrected chi connectivity index (χ0v) is 20.7. The number of amides is 2. The molecule has 6 nitrogen and oxygen atoms in total. The molecular formula is C28H20ClFN2O4S. The zero-order valence-electron chi connectivity index (χ0n) is 19.2. The number of carbonyl (C=O) groups is 3. The first-order chi connectivity index (χ1) is 17.8. The molecule has 0 fully saturated rings. The normalized spacial score (nSPS) is 11.4. The predicted octanol–water partition coefficient (Wildman–Crippen LogP) is 6.90. The molecule has 2 amide bonds. The summed E-state index contributed by atoms with van der Waals surface area (Å²) in [4.78, 5) is 38.0. The molecular weight excluding hydrogens is 515 g/mol. The van der Waals surface area contributed by atoms with Gasteiger partial charge in [0.25, 0.3) is 5.91 Å². The molecule has 1 atom stereocenters. The topological polar surface area (TPSA) is 95.5 Å². The predicted molar refractivity (Wildman–Crippen MR) is 143 cm³/mol. The van der Waals surface area contributed by atoms with E-state index in [0.717, 1.165) is 5.56 Å². The largest absolute Gasteiger partial charge is 0.478 e. The van der Waals surface area contributed by atoms with E-state index in [1.165, 1.54) is 54.2 Å². The molecule has 0 aliphatic rings. The van der Waals surface area contributed by atoms with Crippen LogP contribution >= 0.6 is 23.4 Å². The Labute approximate surface area is 221 Å². The molecule has 0 aromatic heterocycles. The van der Waals surface area contributed by atoms with Crippen molar-refractivity contribution in [3.8, 4) is 0 Å². The molecule has 0 spiro atoms. The van der Waals surface area contributed by atoms with E-state index in [-0.39, 0.29) is 16.5 Å². The third kappa shape index (κ3) is 6.75. The average molecular weight is 535 g/mol. The molecule has 0 aliphatic carbocycles. The van der Waals surface area contributed by atoms with Crippen molar-refractivity contribution in [2.45, 2.75) is 10.1 Å². The number of carbonyl (C=O) groups excluding carboxylic acids is 2. The van der Waals surface area contributed by atoms with Crippen LogP contribution in [-0.2, 0) is 4.79 Å². The summed E-state index contributed by atoms with van der Waals surface area (Å²) in [5, 5.41) is 14.3. The summed E-state index contributed by atoms with van der Waals surface area (Å²) < 4.78 is 13.2. The summed E-state index contributed by atoms with van der Waals surface area (Å²) in [6, 6.07) is 25.6. The highest BCUT2D eigenvalue weighted by atomic mass is 35.5. The van der Waals surface area contributed by atoms with E-state index in [1.807, 2.05) is 36.4 Å². The Hall–Kier alpha value is -4.14. The fourth-order valence-electron chi connectivity index (χ4n) is 3.46. The van der Waals surface area contributed by atoms with Crippen LogP contribution in [0.2, 0.25) is 5.02 Å². The van der Waals surface area contributed by atoms with Gasteiger partial charge in [-0.1, -0.05) is 48.0 Å². The van der Waals surface area contributed by atoms with Crippen LogP contribution in [0.3, 0.4) is 0 Å². The molecule has 4 aromatic carbocycles. The Morgan fingerprint density at radius 1 is 0.811 bits per heavy atom. The van der Waals surface area contributed by atoms with E-state index in [9.17, 15) is 23.9 Å². The highest BCUT2D eigenvalue weighted by Gasteiger charge is 2.23. The number of nitrogens with one attached hydrogen (secondary N) is 2. The molecule has 0 heterocycles. The summed E-state index contributed by atoms with van der Waals surface area (Å²) in [6.07, 6.45) is 0. The number of aromatic carboxylic acids is 1. The standard InChI is InChI=1S/C28H20ClFN2O4S/c29-24-14-13-21(16-23(24)28(35)36)32-27(34)25(17-5-2-1-3-6-17)37-22-8-4-7-20(15-22)31-26(33)18-9-11-19(30)12-10-18/h1-16,25H,(H,31,33)(H,32,34)(H,35,36). The van der Waals surface area contributed by atoms with Gasteiger partial charge in [-0.25, -0.2) is 9.18 Å². The van der Waals surface area contributed by atoms with Gasteiger partial charge in [-0.15, -0.1) is 11.8 Å². The molecule has 0 saturated heterocycles. The van der Waals surface area contributed by atoms with E-state index in [1.54, 1.807) is 18.2 Å². The van der Waals surface area contributed by atoms with E-state index in [2.05, 4.69) is 10.6 Å². The highest BCUT2D eigenvalue weighted by Crippen LogP contribution is 2.37. The lowest BCUT2D eigenvalue weighted by Gasteiger charge is -2.18. The number of carboxylic acid groups (broad SMARTS) is 1. The van der Waals surface area contributed by atoms with Crippen LogP contribution in [0.25, 0.3) is 0 Å². The molecule has 186 valence electrons. The van der Waals surface area contributed by atoms with Gasteiger partial charge in [-0.2, -0.15) is 0 Å². The van der Waals surface area contributed by atoms with E-state index >= 15 is 0 Å². The lowest BCUT2D eigenvalue weighted by atomic mass is 10.1. The second kappa shape index (κ2) is 11.7. The van der Waals surface area contributed by atoms with Crippen LogP contribution in [0.1, 0.15) is 31.5 Å². The van der Waals surface area contributed by atoms with Gasteiger partial charge in [-0.3, -0.25) is 9.59 Å². The van der Waals surface area contributed by atoms with E-state index < -0.39 is 22.9 Å². The molecule has 4 rings (SSSR count). The van der Waals surface area contributed by atoms with Gasteiger partial charge in [0.1, 0.15) is 11.1 Å². The fourth-order valence-corrected chi connectivity index (χ4v) is 4.75. The second-order valence-corrected chi connectivity index (χ2v) is 9.47. The van der Waals surface area contributed by atoms with Crippen molar-refractivity contribution in [2.75, 3.05) is 10.6 Å². The number of thioether (sulfide) groups is 1. The maximum atomic E-state index is 13.3. The van der Waals surface area contributed by atoms with Crippen molar-refractivity contribution in [1.29, 1.82) is 0 Å². The van der Waals surface area contributed by atoms with Gasteiger partial charge in [0.2, 0.25) is 5.91 Å². The quantitative estimate of drug-likeness (QED) is 0.214. The summed E-state index contributed by atoms with van der Waals surface area (Å²) in [6.45, 7) is 0. The van der Waals surface area contributed by atoms with Gasteiger partial charge in [0, 0.05) is 21.8 Å². The number of hydrogen-bond donors (Lipinski definition) is 3. The maximum Gasteiger partial charge on any atom is 0.337 e. The number of rotatable bonds is 8. The monoisotopic (exact) mass is 534 g/mol. The Morgan fingerprint density at radius 3 is 2.22 bits per heavy atom. The minimum absolute atomic E-state index is 0.0685. The Bertz CT molecular complexity index is 1450. The van der Waals surface area contributed by atoms with Crippen molar-refractivity contribution < 1.29 is 23.9 Å². The van der Waals surface area contributed by atoms with Crippen LogP contribution < -0.4 is 10.6 Å². The van der Waals surface area contributed by atoms with Crippen LogP contribution in [0.5, 0.6) is 0 Å². The van der Waals surface area contributed by atoms with Crippen LogP contribution in [0.15, 0.2) is 102 Å². The number of benzene rings is 4. The number of hydrogen-bond acceptors (Lipinski definition) is 4. The van der Waals surface area contributed by atoms with Gasteiger partial charge in [-0.05, 0) is 66.2 Å². The molecule has 0 radical (unpaired) electrons. The van der Waals surface area contributed by atoms with Crippen LogP contribution in [0.4, 0.5) is 15.8 Å². The van der Waals surface area contributed by atoms with Gasteiger partial charge in [0.05, 0.1) is 10.6 Å². The zero-order chi connectivity index (χ0) is 26.4. The summed E-state index contributed by atoms with van der Waals surface area (Å²) in [5.74, 6) is -2.39. The third-order valence-electron chi connectivity index (χ3n) is 5.26. The summed E-state index contributed by atoms with van der Waals surface area (Å²) >= 11 is 7.21. The van der Waals surface area contributed by atoms with Crippen LogP contribution in [-0.4, -0.2) is 22.9 Å². The third-order valence-corrected chi connectivity index (χ3v) is 6.83. The molecule has 0 aliphatic heterocycles. The first-order valence-electron chi connectivity index (χ1n) is 11.0. The minimum Gasteiger partial charge on any atom is -0.478 e. The van der Waals surface area contributed by atoms with Gasteiger partial charge >= 0.3 is 5.97 Å². The van der Waals surface area contributed by atoms with E-state index in [0.29, 0.717) is 21.8 Å². The molecule has 4 aromatic rings. The Balaban J connectivity index is 1.55. The van der Waals surface area contributed by atoms with E-state index in [4.69, 9.17) is 11.6 Å². The number of halogens is 2. The lowest BCUT2D eigenvalue weighted by molar-refractivity contribution is -0.115. The van der Waals surface area contributed by atoms with Crippen LogP contribution in [0, 0.1) is 5.82 Å². The minimum atomic E-state index is -1.20. The fraction of sp³-hybridized carbons (Fsp3) is 0.0357. The Kier molecular flexibility index (Phi) is 8.22.